The van der Waals surface area contributed by atoms with Crippen molar-refractivity contribution in [1.82, 2.24) is 9.47 Å². The maximum Gasteiger partial charge on any atom is 0.270 e. The minimum atomic E-state index is 0.450. The second-order valence-electron chi connectivity index (χ2n) is 5.19. The molecule has 0 spiro atoms. The van der Waals surface area contributed by atoms with Crippen LogP contribution < -0.4 is 0 Å². The molecular weight excluding hydrogens is 300 g/mol. The second-order valence-corrected chi connectivity index (χ2v) is 5.93. The Kier molecular flexibility index (Phi) is 5.53. The van der Waals surface area contributed by atoms with Crippen LogP contribution in [0.2, 0.25) is 0 Å². The topological polar surface area (TPSA) is 17.4 Å². The van der Waals surface area contributed by atoms with E-state index in [1.807, 2.05) is 17.9 Å². The number of nitrogens with zero attached hydrogens (tertiary/aromatic N) is 2. The van der Waals surface area contributed by atoms with Gasteiger partial charge in [0.1, 0.15) is 0 Å². The summed E-state index contributed by atoms with van der Waals surface area (Å²) >= 11 is 10.6. The Morgan fingerprint density at radius 1 is 1.19 bits per heavy atom. The van der Waals surface area contributed by atoms with Gasteiger partial charge in [-0.3, -0.25) is 4.90 Å². The number of rotatable bonds is 6. The van der Waals surface area contributed by atoms with Crippen LogP contribution in [0.3, 0.4) is 0 Å². The molecule has 0 bridgehead atoms. The summed E-state index contributed by atoms with van der Waals surface area (Å²) in [5.74, 6) is 0.679. The Hall–Kier alpha value is -1.20. The van der Waals surface area contributed by atoms with E-state index in [0.717, 1.165) is 18.7 Å². The van der Waals surface area contributed by atoms with E-state index >= 15 is 0 Å². The van der Waals surface area contributed by atoms with Gasteiger partial charge in [-0.05, 0) is 44.1 Å². The monoisotopic (exact) mass is 322 g/mol. The number of hydrogen-bond acceptors (Lipinski definition) is 3. The standard InChI is InChI=1S/C16H22N2OS2/c1-4-6-7-8-12-9-10-13(17(12)3)11-14-15(20)18(5-2)16(21)19-14/h9-11H,4-8H2,1-3H3/b14-11-. The van der Waals surface area contributed by atoms with Crippen LogP contribution in [0.25, 0.3) is 6.08 Å². The maximum atomic E-state index is 5.61. The molecule has 21 heavy (non-hydrogen) atoms. The summed E-state index contributed by atoms with van der Waals surface area (Å²) < 4.78 is 7.81. The molecule has 1 aromatic rings. The molecule has 0 aromatic carbocycles. The molecular formula is C16H22N2OS2. The number of thiocarbonyl (C=S) groups is 2. The second kappa shape index (κ2) is 7.18. The van der Waals surface area contributed by atoms with Gasteiger partial charge >= 0.3 is 0 Å². The van der Waals surface area contributed by atoms with Crippen molar-refractivity contribution < 1.29 is 4.74 Å². The summed E-state index contributed by atoms with van der Waals surface area (Å²) in [4.78, 5) is 2.51. The normalized spacial score (nSPS) is 16.9. The smallest absolute Gasteiger partial charge is 0.270 e. The summed E-state index contributed by atoms with van der Waals surface area (Å²) in [5.41, 5.74) is 2.44. The Bertz CT molecular complexity index is 575. The Morgan fingerprint density at radius 3 is 2.57 bits per heavy atom. The van der Waals surface area contributed by atoms with E-state index in [2.05, 4.69) is 30.7 Å². The van der Waals surface area contributed by atoms with E-state index in [0.29, 0.717) is 15.9 Å². The van der Waals surface area contributed by atoms with Gasteiger partial charge in [0.15, 0.2) is 10.7 Å². The van der Waals surface area contributed by atoms with Crippen LogP contribution in [0.15, 0.2) is 17.9 Å². The van der Waals surface area contributed by atoms with Gasteiger partial charge in [-0.1, -0.05) is 32.0 Å². The molecule has 0 saturated carbocycles. The van der Waals surface area contributed by atoms with Crippen molar-refractivity contribution in [2.45, 2.75) is 39.5 Å². The fraction of sp³-hybridized carbons (Fsp3) is 0.500. The first kappa shape index (κ1) is 16.2. The predicted molar refractivity (Wildman–Crippen MR) is 95.3 cm³/mol. The molecule has 1 saturated heterocycles. The molecule has 1 aliphatic rings. The lowest BCUT2D eigenvalue weighted by atomic mass is 10.1. The third-order valence-electron chi connectivity index (χ3n) is 3.77. The molecule has 2 heterocycles. The van der Waals surface area contributed by atoms with Crippen LogP contribution in [-0.2, 0) is 18.2 Å². The Labute approximate surface area is 137 Å². The summed E-state index contributed by atoms with van der Waals surface area (Å²) in [7, 11) is 2.08. The highest BCUT2D eigenvalue weighted by atomic mass is 32.1. The number of likely N-dealkylation sites (N-methyl/N-ethyl adjacent to an activating group) is 1. The van der Waals surface area contributed by atoms with E-state index in [1.54, 1.807) is 0 Å². The van der Waals surface area contributed by atoms with Gasteiger partial charge in [0, 0.05) is 31.1 Å². The molecule has 5 heteroatoms. The average Bonchev–Trinajstić information content (AvgIpc) is 2.93. The third-order valence-corrected chi connectivity index (χ3v) is 4.50. The van der Waals surface area contributed by atoms with Gasteiger partial charge in [-0.15, -0.1) is 0 Å². The highest BCUT2D eigenvalue weighted by Crippen LogP contribution is 2.22. The molecule has 2 rings (SSSR count). The minimum Gasteiger partial charge on any atom is -0.428 e. The molecule has 0 N–H and O–H groups in total. The van der Waals surface area contributed by atoms with Crippen LogP contribution in [0.4, 0.5) is 0 Å². The van der Waals surface area contributed by atoms with E-state index in [4.69, 9.17) is 29.2 Å². The van der Waals surface area contributed by atoms with Crippen LogP contribution in [-0.4, -0.2) is 26.2 Å². The van der Waals surface area contributed by atoms with Crippen LogP contribution in [0, 0.1) is 0 Å². The van der Waals surface area contributed by atoms with E-state index < -0.39 is 0 Å². The lowest BCUT2D eigenvalue weighted by Gasteiger charge is -2.09. The molecule has 1 aliphatic heterocycles. The minimum absolute atomic E-state index is 0.450. The highest BCUT2D eigenvalue weighted by Gasteiger charge is 2.28. The zero-order chi connectivity index (χ0) is 15.4. The maximum absolute atomic E-state index is 5.61. The fourth-order valence-corrected chi connectivity index (χ4v) is 3.11. The van der Waals surface area contributed by atoms with Crippen molar-refractivity contribution in [3.05, 3.63) is 29.3 Å². The van der Waals surface area contributed by atoms with Crippen molar-refractivity contribution >= 4 is 40.7 Å². The number of aromatic nitrogens is 1. The zero-order valence-electron chi connectivity index (χ0n) is 12.9. The molecule has 0 amide bonds. The largest absolute Gasteiger partial charge is 0.428 e. The Morgan fingerprint density at radius 2 is 1.95 bits per heavy atom. The highest BCUT2D eigenvalue weighted by molar-refractivity contribution is 7.82. The number of ether oxygens (including phenoxy) is 1. The van der Waals surface area contributed by atoms with Crippen molar-refractivity contribution in [2.75, 3.05) is 6.54 Å². The van der Waals surface area contributed by atoms with Crippen molar-refractivity contribution in [3.8, 4) is 0 Å². The first-order valence-corrected chi connectivity index (χ1v) is 8.30. The number of hydrogen-bond donors (Lipinski definition) is 0. The quantitative estimate of drug-likeness (QED) is 0.446. The fourth-order valence-electron chi connectivity index (χ4n) is 2.43. The molecule has 0 atom stereocenters. The molecule has 0 radical (unpaired) electrons. The lowest BCUT2D eigenvalue weighted by molar-refractivity contribution is 0.442. The molecule has 114 valence electrons. The molecule has 3 nitrogen and oxygen atoms in total. The SMILES string of the molecule is CCCCCc1ccc(/C=C2\OC(=S)N(CC)C2=S)n1C. The molecule has 1 aromatic heterocycles. The van der Waals surface area contributed by atoms with E-state index in [1.165, 1.54) is 25.0 Å². The first-order chi connectivity index (χ1) is 10.1. The number of unbranched alkanes of at least 4 members (excludes halogenated alkanes) is 2. The molecule has 1 fully saturated rings. The van der Waals surface area contributed by atoms with Gasteiger partial charge in [-0.2, -0.15) is 0 Å². The Balaban J connectivity index is 2.15. The van der Waals surface area contributed by atoms with Gasteiger partial charge in [-0.25, -0.2) is 0 Å². The van der Waals surface area contributed by atoms with Crippen molar-refractivity contribution in [2.24, 2.45) is 7.05 Å². The summed E-state index contributed by atoms with van der Waals surface area (Å²) in [6.07, 6.45) is 6.83. The van der Waals surface area contributed by atoms with Crippen molar-refractivity contribution in [1.29, 1.82) is 0 Å². The van der Waals surface area contributed by atoms with Gasteiger partial charge in [0.2, 0.25) is 0 Å². The zero-order valence-corrected chi connectivity index (χ0v) is 14.5. The van der Waals surface area contributed by atoms with Gasteiger partial charge in [0.25, 0.3) is 5.17 Å². The average molecular weight is 322 g/mol. The summed E-state index contributed by atoms with van der Waals surface area (Å²) in [5, 5.41) is 0.450. The van der Waals surface area contributed by atoms with Crippen LogP contribution in [0.1, 0.15) is 44.5 Å². The van der Waals surface area contributed by atoms with E-state index in [9.17, 15) is 0 Å². The summed E-state index contributed by atoms with van der Waals surface area (Å²) in [6, 6.07) is 4.29. The third kappa shape index (κ3) is 3.52. The van der Waals surface area contributed by atoms with Crippen LogP contribution in [0.5, 0.6) is 0 Å². The number of aryl methyl sites for hydroxylation is 1. The molecule has 0 unspecified atom stereocenters. The van der Waals surface area contributed by atoms with E-state index in [-0.39, 0.29) is 0 Å². The van der Waals surface area contributed by atoms with Gasteiger partial charge in [0.05, 0.1) is 0 Å². The lowest BCUT2D eigenvalue weighted by Crippen LogP contribution is -2.26. The van der Waals surface area contributed by atoms with Gasteiger partial charge < -0.3 is 9.30 Å². The first-order valence-electron chi connectivity index (χ1n) is 7.48. The van der Waals surface area contributed by atoms with Crippen LogP contribution >= 0.6 is 24.4 Å². The summed E-state index contributed by atoms with van der Waals surface area (Å²) in [6.45, 7) is 4.98. The van der Waals surface area contributed by atoms with Crippen molar-refractivity contribution in [3.63, 3.8) is 0 Å². The molecule has 0 aliphatic carbocycles. The predicted octanol–water partition coefficient (Wildman–Crippen LogP) is 4.06.